The van der Waals surface area contributed by atoms with Crippen LogP contribution in [0.3, 0.4) is 0 Å². The van der Waals surface area contributed by atoms with Crippen LogP contribution in [0, 0.1) is 0 Å². The maximum atomic E-state index is 13.3. The Labute approximate surface area is 357 Å². The number of ether oxygens (including phenoxy) is 2. The van der Waals surface area contributed by atoms with Crippen molar-refractivity contribution in [1.82, 2.24) is 40.0 Å². The van der Waals surface area contributed by atoms with E-state index in [-0.39, 0.29) is 67.8 Å². The van der Waals surface area contributed by atoms with Crippen LogP contribution in [0.5, 0.6) is 5.88 Å². The minimum absolute atomic E-state index is 0.111. The van der Waals surface area contributed by atoms with Gasteiger partial charge in [-0.1, -0.05) is 30.9 Å². The normalized spacial score (nSPS) is 18.6. The molecular weight excluding hydrogens is 806 g/mol. The highest BCUT2D eigenvalue weighted by Gasteiger charge is 2.39. The molecular formula is C42H50ClN11O7. The first-order chi connectivity index (χ1) is 29.7. The Bertz CT molecular complexity index is 2270. The molecule has 4 aliphatic rings. The zero-order valence-electron chi connectivity index (χ0n) is 33.9. The zero-order chi connectivity index (χ0) is 42.3. The molecule has 4 N–H and O–H groups in total. The molecule has 6 heterocycles. The second-order valence-electron chi connectivity index (χ2n) is 15.7. The molecule has 1 unspecified atom stereocenters. The third kappa shape index (κ3) is 10.0. The summed E-state index contributed by atoms with van der Waals surface area (Å²) in [6, 6.07) is 8.09. The first-order valence-electron chi connectivity index (χ1n) is 21.0. The van der Waals surface area contributed by atoms with Gasteiger partial charge in [0.25, 0.3) is 5.91 Å². The number of urea groups is 1. The molecule has 1 atom stereocenters. The highest BCUT2D eigenvalue weighted by molar-refractivity contribution is 6.30. The summed E-state index contributed by atoms with van der Waals surface area (Å²) in [5.41, 5.74) is 5.05. The van der Waals surface area contributed by atoms with Crippen molar-refractivity contribution in [2.75, 3.05) is 74.6 Å². The number of imide groups is 1. The van der Waals surface area contributed by atoms with E-state index < -0.39 is 18.0 Å². The number of anilines is 3. The number of nitrogens with one attached hydrogen (secondary N) is 4. The first-order valence-corrected chi connectivity index (χ1v) is 21.4. The number of amides is 6. The fourth-order valence-electron chi connectivity index (χ4n) is 8.54. The van der Waals surface area contributed by atoms with Crippen molar-refractivity contribution in [3.8, 4) is 5.88 Å². The number of piperazine rings is 1. The van der Waals surface area contributed by atoms with Gasteiger partial charge in [0.15, 0.2) is 5.65 Å². The maximum absolute atomic E-state index is 13.3. The number of aromatic nitrogens is 4. The number of piperidine rings is 1. The summed E-state index contributed by atoms with van der Waals surface area (Å²) in [4.78, 5) is 77.7. The third-order valence-electron chi connectivity index (χ3n) is 11.7. The van der Waals surface area contributed by atoms with Crippen LogP contribution < -0.4 is 30.9 Å². The second-order valence-corrected chi connectivity index (χ2v) is 16.1. The van der Waals surface area contributed by atoms with E-state index in [1.54, 1.807) is 27.9 Å². The number of nitrogens with zero attached hydrogens (tertiary/aromatic N) is 7. The van der Waals surface area contributed by atoms with E-state index in [9.17, 15) is 24.0 Å². The van der Waals surface area contributed by atoms with Crippen molar-refractivity contribution in [1.29, 1.82) is 0 Å². The standard InChI is InChI=1S/C42H50ClN11O7/c43-29-23-32(48-42(59)49-33-25-45-35-10-12-47-54(35)38(33)27-4-2-1-3-5-27)40(46-24-29)61-20-13-44-36(55)11-19-60-21-18-51-14-16-52(17-15-51)30-6-7-31-28(22-30)26-53(41(31)58)34-8-9-37(56)50-39(34)57/h6-7,10,12,22-25,27,34H,1-5,8-9,11,13-21,26H2,(H,44,55)(H2,48,49,59)(H,50,56,57). The highest BCUT2D eigenvalue weighted by Crippen LogP contribution is 2.37. The maximum Gasteiger partial charge on any atom is 0.323 e. The van der Waals surface area contributed by atoms with Gasteiger partial charge in [0, 0.05) is 81.5 Å². The Morgan fingerprint density at radius 3 is 2.54 bits per heavy atom. The topological polar surface area (TPSA) is 205 Å². The Balaban J connectivity index is 0.717. The van der Waals surface area contributed by atoms with Gasteiger partial charge in [0.05, 0.1) is 48.6 Å². The van der Waals surface area contributed by atoms with Crippen LogP contribution in [0.25, 0.3) is 5.65 Å². The molecule has 61 heavy (non-hydrogen) atoms. The predicted octanol–water partition coefficient (Wildman–Crippen LogP) is 3.95. The predicted molar refractivity (Wildman–Crippen MR) is 226 cm³/mol. The molecule has 8 rings (SSSR count). The van der Waals surface area contributed by atoms with Gasteiger partial charge in [-0.15, -0.1) is 0 Å². The van der Waals surface area contributed by atoms with Gasteiger partial charge < -0.3 is 35.2 Å². The summed E-state index contributed by atoms with van der Waals surface area (Å²) >= 11 is 6.23. The van der Waals surface area contributed by atoms with E-state index in [0.717, 1.165) is 81.0 Å². The van der Waals surface area contributed by atoms with Gasteiger partial charge in [0.1, 0.15) is 18.3 Å². The molecule has 0 bridgehead atoms. The van der Waals surface area contributed by atoms with Gasteiger partial charge in [-0.2, -0.15) is 5.10 Å². The minimum atomic E-state index is -0.630. The molecule has 3 aromatic heterocycles. The number of rotatable bonds is 15. The van der Waals surface area contributed by atoms with E-state index in [0.29, 0.717) is 35.8 Å². The van der Waals surface area contributed by atoms with Crippen molar-refractivity contribution < 1.29 is 33.4 Å². The monoisotopic (exact) mass is 855 g/mol. The van der Waals surface area contributed by atoms with E-state index in [1.165, 1.54) is 12.6 Å². The molecule has 6 amide bonds. The lowest BCUT2D eigenvalue weighted by atomic mass is 9.86. The number of carbonyl (C=O) groups is 5. The zero-order valence-corrected chi connectivity index (χ0v) is 34.6. The molecule has 3 aliphatic heterocycles. The quantitative estimate of drug-likeness (QED) is 0.0992. The van der Waals surface area contributed by atoms with Crippen LogP contribution in [0.4, 0.5) is 21.9 Å². The molecule has 0 radical (unpaired) electrons. The molecule has 1 saturated carbocycles. The molecule has 18 nitrogen and oxygen atoms in total. The lowest BCUT2D eigenvalue weighted by molar-refractivity contribution is -0.137. The summed E-state index contributed by atoms with van der Waals surface area (Å²) < 4.78 is 13.4. The smallest absolute Gasteiger partial charge is 0.323 e. The van der Waals surface area contributed by atoms with Gasteiger partial charge in [-0.25, -0.2) is 19.3 Å². The van der Waals surface area contributed by atoms with Gasteiger partial charge in [0.2, 0.25) is 23.6 Å². The minimum Gasteiger partial charge on any atom is -0.474 e. The molecule has 1 aromatic carbocycles. The van der Waals surface area contributed by atoms with Crippen molar-refractivity contribution >= 4 is 64.0 Å². The molecule has 3 fully saturated rings. The van der Waals surface area contributed by atoms with Crippen molar-refractivity contribution in [3.63, 3.8) is 0 Å². The van der Waals surface area contributed by atoms with Crippen LogP contribution in [-0.4, -0.2) is 124 Å². The Morgan fingerprint density at radius 2 is 1.72 bits per heavy atom. The largest absolute Gasteiger partial charge is 0.474 e. The van der Waals surface area contributed by atoms with Gasteiger partial charge in [-0.05, 0) is 49.1 Å². The summed E-state index contributed by atoms with van der Waals surface area (Å²) in [6.45, 7) is 5.51. The molecule has 0 spiro atoms. The van der Waals surface area contributed by atoms with E-state index >= 15 is 0 Å². The number of carbonyl (C=O) groups excluding carboxylic acids is 5. The van der Waals surface area contributed by atoms with Gasteiger partial charge in [-0.3, -0.25) is 29.4 Å². The fraction of sp³-hybridized carbons (Fsp3) is 0.476. The third-order valence-corrected chi connectivity index (χ3v) is 11.9. The molecule has 19 heteroatoms. The SMILES string of the molecule is O=C(CCOCCN1CCN(c2ccc3c(c2)CN(C2CCC(=O)NC2=O)C3=O)CC1)NCCOc1ncc(Cl)cc1NC(=O)Nc1cnc2ccnn2c1C1CCCCC1. The summed E-state index contributed by atoms with van der Waals surface area (Å²) in [7, 11) is 0. The van der Waals surface area contributed by atoms with Crippen molar-refractivity contribution in [2.24, 2.45) is 0 Å². The highest BCUT2D eigenvalue weighted by atomic mass is 35.5. The Morgan fingerprint density at radius 1 is 0.902 bits per heavy atom. The van der Waals surface area contributed by atoms with Crippen LogP contribution in [0.2, 0.25) is 5.02 Å². The lowest BCUT2D eigenvalue weighted by Crippen LogP contribution is -2.52. The number of hydrogen-bond acceptors (Lipinski definition) is 12. The van der Waals surface area contributed by atoms with Crippen molar-refractivity contribution in [2.45, 2.75) is 69.9 Å². The second kappa shape index (κ2) is 19.2. The Hall–Kier alpha value is -5.85. The molecule has 322 valence electrons. The van der Waals surface area contributed by atoms with Crippen LogP contribution in [0.1, 0.15) is 78.9 Å². The molecule has 2 saturated heterocycles. The van der Waals surface area contributed by atoms with E-state index in [1.807, 2.05) is 24.3 Å². The number of fused-ring (bicyclic) bond motifs is 2. The van der Waals surface area contributed by atoms with Crippen LogP contribution in [0.15, 0.2) is 48.9 Å². The average molecular weight is 856 g/mol. The van der Waals surface area contributed by atoms with E-state index in [2.05, 4.69) is 46.1 Å². The van der Waals surface area contributed by atoms with Crippen LogP contribution in [-0.2, 0) is 25.7 Å². The van der Waals surface area contributed by atoms with Gasteiger partial charge >= 0.3 is 6.03 Å². The molecule has 4 aromatic rings. The lowest BCUT2D eigenvalue weighted by Gasteiger charge is -2.36. The van der Waals surface area contributed by atoms with E-state index in [4.69, 9.17) is 21.1 Å². The summed E-state index contributed by atoms with van der Waals surface area (Å²) in [5.74, 6) is -0.648. The number of hydrogen-bond donors (Lipinski definition) is 4. The van der Waals surface area contributed by atoms with Crippen LogP contribution >= 0.6 is 11.6 Å². The number of pyridine rings is 1. The first kappa shape index (κ1) is 41.9. The number of halogens is 1. The summed E-state index contributed by atoms with van der Waals surface area (Å²) in [6.07, 6.45) is 11.0. The average Bonchev–Trinajstić information content (AvgIpc) is 3.87. The number of benzene rings is 1. The summed E-state index contributed by atoms with van der Waals surface area (Å²) in [5, 5.41) is 15.7. The molecule has 1 aliphatic carbocycles. The van der Waals surface area contributed by atoms with Crippen molar-refractivity contribution in [3.05, 3.63) is 70.8 Å². The fourth-order valence-corrected chi connectivity index (χ4v) is 8.70. The Kier molecular flexibility index (Phi) is 13.2.